The van der Waals surface area contributed by atoms with Crippen molar-refractivity contribution in [3.63, 3.8) is 0 Å². The second-order valence-corrected chi connectivity index (χ2v) is 6.62. The van der Waals surface area contributed by atoms with Crippen molar-refractivity contribution in [2.45, 2.75) is 20.0 Å². The molecule has 0 atom stereocenters. The minimum Gasteiger partial charge on any atom is -0.490 e. The average molecular weight is 408 g/mol. The molecule has 0 aliphatic heterocycles. The molecule has 0 radical (unpaired) electrons. The Kier molecular flexibility index (Phi) is 6.08. The maximum absolute atomic E-state index is 11.9. The second kappa shape index (κ2) is 8.50. The predicted molar refractivity (Wildman–Crippen MR) is 104 cm³/mol. The zero-order valence-electron chi connectivity index (χ0n) is 14.7. The Labute approximate surface area is 166 Å². The van der Waals surface area contributed by atoms with Crippen molar-refractivity contribution >= 4 is 40.2 Å². The largest absolute Gasteiger partial charge is 0.490 e. The summed E-state index contributed by atoms with van der Waals surface area (Å²) in [5.74, 6) is 0.159. The molecule has 0 spiro atoms. The number of rotatable bonds is 7. The van der Waals surface area contributed by atoms with Crippen molar-refractivity contribution in [3.8, 4) is 5.75 Å². The molecule has 142 valence electrons. The summed E-state index contributed by atoms with van der Waals surface area (Å²) in [7, 11) is 0. The van der Waals surface area contributed by atoms with Gasteiger partial charge in [-0.15, -0.1) is 0 Å². The zero-order chi connectivity index (χ0) is 19.4. The number of benzene rings is 2. The van der Waals surface area contributed by atoms with Crippen molar-refractivity contribution in [3.05, 3.63) is 58.1 Å². The van der Waals surface area contributed by atoms with Crippen LogP contribution < -0.4 is 10.4 Å². The van der Waals surface area contributed by atoms with Crippen molar-refractivity contribution < 1.29 is 14.3 Å². The summed E-state index contributed by atoms with van der Waals surface area (Å²) in [6.07, 6.45) is 0. The number of hydrogen-bond acceptors (Lipinski definition) is 4. The van der Waals surface area contributed by atoms with Gasteiger partial charge in [-0.3, -0.25) is 14.8 Å². The van der Waals surface area contributed by atoms with Gasteiger partial charge in [0.05, 0.1) is 29.2 Å². The van der Waals surface area contributed by atoms with Gasteiger partial charge in [0.2, 0.25) is 5.62 Å². The van der Waals surface area contributed by atoms with Crippen LogP contribution in [0.2, 0.25) is 10.0 Å². The summed E-state index contributed by atoms with van der Waals surface area (Å²) in [5.41, 5.74) is 1.84. The highest BCUT2D eigenvalue weighted by atomic mass is 35.5. The van der Waals surface area contributed by atoms with Gasteiger partial charge >= 0.3 is 5.97 Å². The molecule has 0 saturated carbocycles. The Bertz CT molecular complexity index is 1030. The van der Waals surface area contributed by atoms with Crippen LogP contribution in [0.3, 0.4) is 0 Å². The van der Waals surface area contributed by atoms with Gasteiger partial charge < -0.3 is 14.0 Å². The summed E-state index contributed by atoms with van der Waals surface area (Å²) >= 11 is 12.0. The zero-order valence-corrected chi connectivity index (χ0v) is 16.3. The quantitative estimate of drug-likeness (QED) is 0.604. The summed E-state index contributed by atoms with van der Waals surface area (Å²) < 4.78 is 14.2. The minimum atomic E-state index is -0.372. The summed E-state index contributed by atoms with van der Waals surface area (Å²) in [6, 6.07) is 12.6. The summed E-state index contributed by atoms with van der Waals surface area (Å²) in [4.78, 5) is 11.9. The van der Waals surface area contributed by atoms with Crippen LogP contribution in [0.4, 0.5) is 0 Å². The third-order valence-corrected chi connectivity index (χ3v) is 4.56. The standard InChI is InChI=1S/C19H19Cl2N3O3/c1-2-26-18(25)12-24-16-6-4-3-5-15(16)23(19(24)22)9-10-27-17-8-7-13(20)11-14(17)21/h3-8,11,22H,2,9-10,12H2,1H3. The van der Waals surface area contributed by atoms with Crippen molar-refractivity contribution in [1.29, 1.82) is 5.41 Å². The summed E-state index contributed by atoms with van der Waals surface area (Å²) in [6.45, 7) is 2.79. The molecule has 2 aromatic carbocycles. The van der Waals surface area contributed by atoms with E-state index < -0.39 is 0 Å². The highest BCUT2D eigenvalue weighted by molar-refractivity contribution is 6.35. The molecule has 1 N–H and O–H groups in total. The third kappa shape index (κ3) is 4.28. The number of carbonyl (C=O) groups is 1. The fourth-order valence-corrected chi connectivity index (χ4v) is 3.32. The molecule has 1 heterocycles. The number of imidazole rings is 1. The number of aromatic nitrogens is 2. The molecule has 1 aromatic heterocycles. The first-order valence-corrected chi connectivity index (χ1v) is 9.23. The van der Waals surface area contributed by atoms with E-state index in [1.165, 1.54) is 0 Å². The van der Waals surface area contributed by atoms with Gasteiger partial charge in [-0.1, -0.05) is 35.3 Å². The van der Waals surface area contributed by atoms with Crippen LogP contribution in [0.15, 0.2) is 42.5 Å². The van der Waals surface area contributed by atoms with Crippen LogP contribution in [-0.4, -0.2) is 28.3 Å². The lowest BCUT2D eigenvalue weighted by Gasteiger charge is -2.09. The van der Waals surface area contributed by atoms with E-state index in [-0.39, 0.29) is 18.1 Å². The molecule has 0 aliphatic rings. The molecule has 0 fully saturated rings. The van der Waals surface area contributed by atoms with Gasteiger partial charge in [0.1, 0.15) is 18.9 Å². The lowest BCUT2D eigenvalue weighted by atomic mass is 10.3. The Balaban J connectivity index is 1.83. The van der Waals surface area contributed by atoms with Gasteiger partial charge in [-0.25, -0.2) is 0 Å². The number of para-hydroxylation sites is 2. The van der Waals surface area contributed by atoms with Crippen LogP contribution >= 0.6 is 23.2 Å². The highest BCUT2D eigenvalue weighted by Gasteiger charge is 2.14. The van der Waals surface area contributed by atoms with E-state index >= 15 is 0 Å². The molecular formula is C19H19Cl2N3O3. The molecule has 0 bridgehead atoms. The number of nitrogens with one attached hydrogen (secondary N) is 1. The normalized spacial score (nSPS) is 10.9. The maximum atomic E-state index is 11.9. The molecular weight excluding hydrogens is 389 g/mol. The first kappa shape index (κ1) is 19.3. The number of hydrogen-bond donors (Lipinski definition) is 1. The van der Waals surface area contributed by atoms with E-state index in [1.807, 2.05) is 24.3 Å². The monoisotopic (exact) mass is 407 g/mol. The third-order valence-electron chi connectivity index (χ3n) is 4.03. The van der Waals surface area contributed by atoms with Crippen molar-refractivity contribution in [1.82, 2.24) is 9.13 Å². The van der Waals surface area contributed by atoms with Crippen molar-refractivity contribution in [2.75, 3.05) is 13.2 Å². The first-order valence-electron chi connectivity index (χ1n) is 8.47. The van der Waals surface area contributed by atoms with Gasteiger partial charge in [-0.05, 0) is 37.3 Å². The topological polar surface area (TPSA) is 69.2 Å². The van der Waals surface area contributed by atoms with E-state index in [4.69, 9.17) is 38.1 Å². The molecule has 27 heavy (non-hydrogen) atoms. The Morgan fingerprint density at radius 1 is 1.11 bits per heavy atom. The molecule has 8 heteroatoms. The van der Waals surface area contributed by atoms with Crippen molar-refractivity contribution in [2.24, 2.45) is 0 Å². The van der Waals surface area contributed by atoms with E-state index in [0.29, 0.717) is 35.6 Å². The van der Waals surface area contributed by atoms with E-state index in [0.717, 1.165) is 11.0 Å². The van der Waals surface area contributed by atoms with Crippen LogP contribution in [0.25, 0.3) is 11.0 Å². The maximum Gasteiger partial charge on any atom is 0.326 e. The predicted octanol–water partition coefficient (Wildman–Crippen LogP) is 3.87. The number of ether oxygens (including phenoxy) is 2. The number of esters is 1. The molecule has 0 amide bonds. The second-order valence-electron chi connectivity index (χ2n) is 5.78. The summed E-state index contributed by atoms with van der Waals surface area (Å²) in [5, 5.41) is 9.45. The first-order chi connectivity index (χ1) is 13.0. The molecule has 6 nitrogen and oxygen atoms in total. The lowest BCUT2D eigenvalue weighted by molar-refractivity contribution is -0.143. The van der Waals surface area contributed by atoms with Crippen LogP contribution in [0, 0.1) is 5.41 Å². The van der Waals surface area contributed by atoms with Crippen LogP contribution in [0.1, 0.15) is 6.92 Å². The number of nitrogens with zero attached hydrogens (tertiary/aromatic N) is 2. The molecule has 0 saturated heterocycles. The van der Waals surface area contributed by atoms with Crippen LogP contribution in [-0.2, 0) is 22.6 Å². The molecule has 3 rings (SSSR count). The number of fused-ring (bicyclic) bond motifs is 1. The van der Waals surface area contributed by atoms with Gasteiger partial charge in [0.25, 0.3) is 0 Å². The minimum absolute atomic E-state index is 0.00986. The van der Waals surface area contributed by atoms with E-state index in [1.54, 1.807) is 34.3 Å². The molecule has 0 aliphatic carbocycles. The Morgan fingerprint density at radius 3 is 2.48 bits per heavy atom. The van der Waals surface area contributed by atoms with Crippen LogP contribution in [0.5, 0.6) is 5.75 Å². The van der Waals surface area contributed by atoms with E-state index in [2.05, 4.69) is 0 Å². The molecule has 0 unspecified atom stereocenters. The Hall–Kier alpha value is -2.44. The van der Waals surface area contributed by atoms with Gasteiger partial charge in [0, 0.05) is 5.02 Å². The van der Waals surface area contributed by atoms with E-state index in [9.17, 15) is 4.79 Å². The SMILES string of the molecule is CCOC(=O)Cn1c(=N)n(CCOc2ccc(Cl)cc2Cl)c2ccccc21. The lowest BCUT2D eigenvalue weighted by Crippen LogP contribution is -2.29. The van der Waals surface area contributed by atoms with Gasteiger partial charge in [-0.2, -0.15) is 0 Å². The van der Waals surface area contributed by atoms with Gasteiger partial charge in [0.15, 0.2) is 0 Å². The fourth-order valence-electron chi connectivity index (χ4n) is 2.86. The average Bonchev–Trinajstić information content (AvgIpc) is 2.89. The Morgan fingerprint density at radius 2 is 1.81 bits per heavy atom. The fraction of sp³-hybridized carbons (Fsp3) is 0.263. The number of halogens is 2. The number of carbonyl (C=O) groups excluding carboxylic acids is 1. The highest BCUT2D eigenvalue weighted by Crippen LogP contribution is 2.27. The molecule has 3 aromatic rings. The smallest absolute Gasteiger partial charge is 0.326 e.